The Morgan fingerprint density at radius 3 is 0.919 bits per heavy atom. The number of hydrogen-bond acceptors (Lipinski definition) is 3. The molecule has 12 heteroatoms. The molecule has 33 aromatic rings. The largest absolute Gasteiger partial charge is 0.309 e. The number of aromatic nitrogens is 12. The first-order valence-electron chi connectivity index (χ1n) is 46.2. The number of pyridine rings is 3. The fraction of sp³-hybridized carbons (Fsp3) is 0. The van der Waals surface area contributed by atoms with Crippen molar-refractivity contribution in [2.75, 3.05) is 0 Å². The third-order valence-corrected chi connectivity index (χ3v) is 29.4. The van der Waals surface area contributed by atoms with Gasteiger partial charge in [-0.15, -0.1) is 0 Å². The Kier molecular flexibility index (Phi) is 14.6. The van der Waals surface area contributed by atoms with Crippen LogP contribution in [-0.4, -0.2) is 55.6 Å². The van der Waals surface area contributed by atoms with Crippen molar-refractivity contribution in [2.45, 2.75) is 0 Å². The van der Waals surface area contributed by atoms with Gasteiger partial charge >= 0.3 is 0 Å². The van der Waals surface area contributed by atoms with E-state index in [1.54, 1.807) is 0 Å². The Balaban J connectivity index is 0.0000000945. The molecule has 0 aliphatic carbocycles. The molecule has 15 heterocycles. The molecule has 0 bridgehead atoms. The molecule has 0 saturated heterocycles. The zero-order valence-electron chi connectivity index (χ0n) is 72.4. The smallest absolute Gasteiger partial charge is 0.145 e. The van der Waals surface area contributed by atoms with Crippen LogP contribution in [0.3, 0.4) is 0 Å². The second kappa shape index (κ2) is 27.1. The summed E-state index contributed by atoms with van der Waals surface area (Å²) in [5.41, 5.74) is 31.0. The van der Waals surface area contributed by atoms with Crippen LogP contribution in [0.1, 0.15) is 0 Å². The van der Waals surface area contributed by atoms with E-state index in [0.717, 1.165) is 67.4 Å². The van der Waals surface area contributed by atoms with E-state index in [0.29, 0.717) is 0 Å². The molecule has 0 aliphatic rings. The molecule has 15 aromatic heterocycles. The van der Waals surface area contributed by atoms with Gasteiger partial charge in [-0.05, 0) is 170 Å². The minimum absolute atomic E-state index is 0.922. The molecule has 0 atom stereocenters. The summed E-state index contributed by atoms with van der Waals surface area (Å²) in [5, 5.41) is 30.4. The van der Waals surface area contributed by atoms with Crippen molar-refractivity contribution < 1.29 is 0 Å². The minimum atomic E-state index is 0.922. The summed E-state index contributed by atoms with van der Waals surface area (Å²) in [4.78, 5) is 14.6. The molecule has 0 spiro atoms. The van der Waals surface area contributed by atoms with Crippen LogP contribution in [0.4, 0.5) is 0 Å². The average Bonchev–Trinajstić information content (AvgIpc) is 1.52. The van der Waals surface area contributed by atoms with E-state index in [2.05, 4.69) is 458 Å². The monoisotopic (exact) mass is 1720 g/mol. The second-order valence-electron chi connectivity index (χ2n) is 36.1. The molecule has 624 valence electrons. The van der Waals surface area contributed by atoms with E-state index in [1.165, 1.54) is 212 Å². The number of rotatable bonds is 6. The molecule has 0 aliphatic heterocycles. The number of benzene rings is 18. The molecule has 0 unspecified atom stereocenters. The van der Waals surface area contributed by atoms with Crippen LogP contribution in [0.5, 0.6) is 0 Å². The highest BCUT2D eigenvalue weighted by Crippen LogP contribution is 2.53. The summed E-state index contributed by atoms with van der Waals surface area (Å²) in [6.07, 6.45) is 7.82. The van der Waals surface area contributed by atoms with Crippen LogP contribution in [0, 0.1) is 0 Å². The first-order chi connectivity index (χ1) is 67.1. The van der Waals surface area contributed by atoms with Gasteiger partial charge in [0.15, 0.2) is 0 Å². The Bertz CT molecular complexity index is 10500. The predicted octanol–water partition coefficient (Wildman–Crippen LogP) is 31.3. The summed E-state index contributed by atoms with van der Waals surface area (Å²) in [6, 6.07) is 150. The van der Waals surface area contributed by atoms with Gasteiger partial charge in [0.05, 0.1) is 123 Å². The van der Waals surface area contributed by atoms with Crippen molar-refractivity contribution in [3.63, 3.8) is 0 Å². The highest BCUT2D eigenvalue weighted by molar-refractivity contribution is 6.39. The molecular formula is C123H72N12. The summed E-state index contributed by atoms with van der Waals surface area (Å²) >= 11 is 0. The van der Waals surface area contributed by atoms with Crippen LogP contribution in [0.2, 0.25) is 0 Å². The van der Waals surface area contributed by atoms with Gasteiger partial charge in [0.1, 0.15) is 11.5 Å². The maximum absolute atomic E-state index is 5.21. The lowest BCUT2D eigenvalue weighted by molar-refractivity contribution is 1.08. The van der Waals surface area contributed by atoms with Crippen LogP contribution in [0.25, 0.3) is 280 Å². The summed E-state index contributed by atoms with van der Waals surface area (Å²) in [7, 11) is 0. The molecule has 18 aromatic carbocycles. The quantitative estimate of drug-likeness (QED) is 0.166. The Morgan fingerprint density at radius 2 is 0.459 bits per heavy atom. The van der Waals surface area contributed by atoms with Gasteiger partial charge in [0.25, 0.3) is 0 Å². The Labute approximate surface area is 767 Å². The molecule has 12 nitrogen and oxygen atoms in total. The minimum Gasteiger partial charge on any atom is -0.309 e. The van der Waals surface area contributed by atoms with Crippen molar-refractivity contribution in [3.8, 4) is 34.3 Å². The third kappa shape index (κ3) is 9.68. The van der Waals surface area contributed by atoms with Crippen molar-refractivity contribution >= 4 is 245 Å². The summed E-state index contributed by atoms with van der Waals surface area (Å²) < 4.78 is 21.7. The zero-order chi connectivity index (χ0) is 87.7. The standard InChI is InChI=1S/3C41H24N4/c1-2-12-25(13-3-1)43-32-18-8-4-14-26(32)30-23-38(42-24-37(30)43)44-34-20-10-6-16-28(34)39-36(44)22-31-27-15-5-9-19-33(27)45-35-21-11-7-17-29(35)40(39)41(31)45;1-2-11-25(12-3-1)44-36-23-26(20-21-28(36)29-16-10-22-42-41(29)44)43-34-18-8-5-14-30(34)38-37(43)24-32-27-13-4-7-17-33(27)45-35-19-9-6-15-31(35)39(38)40(32)45;1-2-10-25(11-3-1)43-36-19-18-26(22-31(36)28-20-21-42-24-38(28)43)44-34-16-8-5-13-29(34)39-37(44)23-32-27-12-4-7-15-33(27)45-35-17-9-6-14-30(35)40(39)41(32)45/h3*1-24H. The van der Waals surface area contributed by atoms with E-state index in [9.17, 15) is 0 Å². The second-order valence-corrected chi connectivity index (χ2v) is 36.1. The molecule has 0 N–H and O–H groups in total. The van der Waals surface area contributed by atoms with Gasteiger partial charge in [-0.2, -0.15) is 0 Å². The first-order valence-corrected chi connectivity index (χ1v) is 46.2. The van der Waals surface area contributed by atoms with Crippen LogP contribution in [-0.2, 0) is 0 Å². The van der Waals surface area contributed by atoms with Crippen molar-refractivity contribution in [1.82, 2.24) is 55.6 Å². The van der Waals surface area contributed by atoms with E-state index in [4.69, 9.17) is 9.97 Å². The number of fused-ring (bicyclic) bond motifs is 39. The van der Waals surface area contributed by atoms with Crippen LogP contribution in [0.15, 0.2) is 437 Å². The van der Waals surface area contributed by atoms with Crippen LogP contribution < -0.4 is 0 Å². The molecule has 0 radical (unpaired) electrons. The molecule has 33 rings (SSSR count). The molecule has 0 fully saturated rings. The molecule has 0 saturated carbocycles. The lowest BCUT2D eigenvalue weighted by Crippen LogP contribution is -1.98. The van der Waals surface area contributed by atoms with Crippen molar-refractivity contribution in [2.24, 2.45) is 0 Å². The lowest BCUT2D eigenvalue weighted by Gasteiger charge is -2.11. The lowest BCUT2D eigenvalue weighted by atomic mass is 10.0. The van der Waals surface area contributed by atoms with E-state index >= 15 is 0 Å². The van der Waals surface area contributed by atoms with Gasteiger partial charge in [-0.1, -0.05) is 243 Å². The van der Waals surface area contributed by atoms with Gasteiger partial charge in [-0.3, -0.25) is 14.1 Å². The highest BCUT2D eigenvalue weighted by atomic mass is 15.1. The molecular weight excluding hydrogens is 1650 g/mol. The van der Waals surface area contributed by atoms with E-state index in [1.807, 2.05) is 24.7 Å². The normalized spacial score (nSPS) is 12.4. The Hall–Kier alpha value is -18.4. The fourth-order valence-corrected chi connectivity index (χ4v) is 24.2. The maximum atomic E-state index is 5.21. The summed E-state index contributed by atoms with van der Waals surface area (Å²) in [6.45, 7) is 0. The molecule has 135 heavy (non-hydrogen) atoms. The number of nitrogens with zero attached hydrogens (tertiary/aromatic N) is 12. The number of para-hydroxylation sites is 13. The first kappa shape index (κ1) is 72.5. The van der Waals surface area contributed by atoms with Gasteiger partial charge in [0.2, 0.25) is 0 Å². The maximum Gasteiger partial charge on any atom is 0.145 e. The SMILES string of the molecule is c1ccc(-n2c3cc(-n4c5ccccc5c5c6c7ccccc7n7c8ccccc8c(cc54)c67)ccc3c3cccnc32)cc1.c1ccc(-n2c3ccc(-n4c5ccccc5c5c6c7ccccc7n7c8ccccc8c(cc54)c67)cc3c3ccncc32)cc1.c1ccc(-n2c3ccccc3c3cc(-n4c5ccccc5c5c6c7ccccc7n7c8ccccc8c(cc54)c67)ncc32)cc1. The zero-order valence-corrected chi connectivity index (χ0v) is 72.4. The summed E-state index contributed by atoms with van der Waals surface area (Å²) in [5.74, 6) is 0.922. The van der Waals surface area contributed by atoms with E-state index < -0.39 is 0 Å². The predicted molar refractivity (Wildman–Crippen MR) is 563 cm³/mol. The topological polar surface area (TPSA) is 81.5 Å². The Morgan fingerprint density at radius 1 is 0.148 bits per heavy atom. The third-order valence-electron chi connectivity index (χ3n) is 29.4. The van der Waals surface area contributed by atoms with Crippen LogP contribution >= 0.6 is 0 Å². The van der Waals surface area contributed by atoms with Crippen molar-refractivity contribution in [1.29, 1.82) is 0 Å². The van der Waals surface area contributed by atoms with Crippen molar-refractivity contribution in [3.05, 3.63) is 437 Å². The fourth-order valence-electron chi connectivity index (χ4n) is 24.2. The molecule has 0 amide bonds. The average molecular weight is 1720 g/mol. The number of hydrogen-bond donors (Lipinski definition) is 0. The van der Waals surface area contributed by atoms with Gasteiger partial charge < -0.3 is 31.5 Å². The van der Waals surface area contributed by atoms with Gasteiger partial charge in [0, 0.05) is 170 Å². The highest BCUT2D eigenvalue weighted by Gasteiger charge is 2.31. The van der Waals surface area contributed by atoms with Gasteiger partial charge in [-0.25, -0.2) is 9.97 Å². The van der Waals surface area contributed by atoms with E-state index in [-0.39, 0.29) is 0 Å².